The Labute approximate surface area is 186 Å². The smallest absolute Gasteiger partial charge is 0.312 e. The first kappa shape index (κ1) is 30.5. The van der Waals surface area contributed by atoms with Crippen LogP contribution in [0, 0.1) is 0 Å². The van der Waals surface area contributed by atoms with Crippen molar-refractivity contribution in [3.8, 4) is 0 Å². The maximum atomic E-state index is 12.4. The summed E-state index contributed by atoms with van der Waals surface area (Å²) in [4.78, 5) is 40.5. The Hall–Kier alpha value is 0.440. The molecule has 0 amide bonds. The molecule has 0 aromatic rings. The van der Waals surface area contributed by atoms with Crippen LogP contribution in [0.3, 0.4) is 0 Å². The van der Waals surface area contributed by atoms with Crippen LogP contribution >= 0.6 is 31.0 Å². The second-order valence-electron chi connectivity index (χ2n) is 6.51. The van der Waals surface area contributed by atoms with Gasteiger partial charge in [-0.05, 0) is 0 Å². The summed E-state index contributed by atoms with van der Waals surface area (Å²) in [6, 6.07) is 0. The minimum absolute atomic E-state index is 0.271. The molecule has 0 aliphatic carbocycles. The number of nitrogens with zero attached hydrogens (tertiary/aromatic N) is 4. The predicted molar refractivity (Wildman–Crippen MR) is 114 cm³/mol. The Morgan fingerprint density at radius 2 is 0.562 bits per heavy atom. The van der Waals surface area contributed by atoms with Crippen LogP contribution in [-0.2, 0) is 36.4 Å². The van der Waals surface area contributed by atoms with Gasteiger partial charge in [0.2, 0.25) is 0 Å². The lowest BCUT2D eigenvalue weighted by Gasteiger charge is -2.36. The van der Waals surface area contributed by atoms with Gasteiger partial charge in [-0.2, -0.15) is 0 Å². The van der Waals surface area contributed by atoms with E-state index in [1.807, 2.05) is 0 Å². The minimum atomic E-state index is -4.33. The van der Waals surface area contributed by atoms with E-state index in [0.29, 0.717) is 0 Å². The molecule has 0 aromatic heterocycles. The third-order valence-corrected chi connectivity index (χ3v) is 11.2. The Kier molecular flexibility index (Phi) is 11.8. The highest BCUT2D eigenvalue weighted by Crippen LogP contribution is 2.51. The van der Waals surface area contributed by atoms with Crippen molar-refractivity contribution in [2.75, 3.05) is 80.8 Å². The molecule has 1 saturated heterocycles. The molecular weight excluding hydrogens is 516 g/mol. The van der Waals surface area contributed by atoms with Crippen molar-refractivity contribution in [3.63, 3.8) is 0 Å². The van der Waals surface area contributed by atoms with E-state index in [0.717, 1.165) is 47.1 Å². The average Bonchev–Trinajstić information content (AvgIpc) is 2.73. The summed E-state index contributed by atoms with van der Waals surface area (Å²) in [7, 11) is -13.3. The van der Waals surface area contributed by atoms with E-state index < -0.39 is 31.0 Å². The molecule has 192 valence electrons. The van der Waals surface area contributed by atoms with Crippen molar-refractivity contribution in [3.05, 3.63) is 0 Å². The molecular formula is C12H32N4O12P4. The molecule has 32 heavy (non-hydrogen) atoms. The molecule has 0 bridgehead atoms. The van der Waals surface area contributed by atoms with Gasteiger partial charge >= 0.3 is 31.0 Å². The topological polar surface area (TPSA) is 199 Å². The molecule has 4 atom stereocenters. The van der Waals surface area contributed by atoms with Crippen molar-refractivity contribution in [2.45, 2.75) is 0 Å². The van der Waals surface area contributed by atoms with Crippen LogP contribution in [0.4, 0.5) is 0 Å². The van der Waals surface area contributed by atoms with Gasteiger partial charge in [0.25, 0.3) is 0 Å². The minimum Gasteiger partial charge on any atom is -0.312 e. The summed E-state index contributed by atoms with van der Waals surface area (Å²) in [6.45, 7) is -2.17. The number of hydrogen-bond donors (Lipinski definition) is 4. The summed E-state index contributed by atoms with van der Waals surface area (Å²) in [5.41, 5.74) is 0. The summed E-state index contributed by atoms with van der Waals surface area (Å²) in [5, 5.41) is 0. The van der Waals surface area contributed by atoms with Crippen LogP contribution in [0.15, 0.2) is 0 Å². The maximum absolute atomic E-state index is 12.4. The Bertz CT molecular complexity index is 658. The van der Waals surface area contributed by atoms with Crippen molar-refractivity contribution < 1.29 is 55.9 Å². The molecule has 1 heterocycles. The highest BCUT2D eigenvalue weighted by molar-refractivity contribution is 7.51. The lowest BCUT2D eigenvalue weighted by atomic mass is 10.4. The fourth-order valence-corrected chi connectivity index (χ4v) is 6.50. The Morgan fingerprint density at radius 1 is 0.438 bits per heavy atom. The molecule has 0 saturated carbocycles. The summed E-state index contributed by atoms with van der Waals surface area (Å²) in [6.07, 6.45) is 0. The zero-order valence-corrected chi connectivity index (χ0v) is 21.9. The van der Waals surface area contributed by atoms with Gasteiger partial charge in [0.15, 0.2) is 0 Å². The van der Waals surface area contributed by atoms with Crippen LogP contribution in [0.1, 0.15) is 0 Å². The SMILES string of the molecule is COP(=O)(O)N1CCN(P(=O)(O)OC)CCN(P(=O)(O)OC)CCN(P(=O)(O)OC)CC1. The monoisotopic (exact) mass is 548 g/mol. The lowest BCUT2D eigenvalue weighted by Crippen LogP contribution is -2.43. The van der Waals surface area contributed by atoms with Gasteiger partial charge in [-0.15, -0.1) is 0 Å². The third kappa shape index (κ3) is 8.28. The molecule has 1 aliphatic rings. The molecule has 20 heteroatoms. The van der Waals surface area contributed by atoms with Gasteiger partial charge in [0, 0.05) is 80.8 Å². The van der Waals surface area contributed by atoms with Crippen LogP contribution < -0.4 is 0 Å². The zero-order chi connectivity index (χ0) is 24.8. The number of hydrogen-bond acceptors (Lipinski definition) is 8. The van der Waals surface area contributed by atoms with Gasteiger partial charge in [0.1, 0.15) is 0 Å². The van der Waals surface area contributed by atoms with Gasteiger partial charge in [-0.3, -0.25) is 0 Å². The largest absolute Gasteiger partial charge is 0.405 e. The predicted octanol–water partition coefficient (Wildman–Crippen LogP) is 0.195. The van der Waals surface area contributed by atoms with Crippen LogP contribution in [-0.4, -0.2) is 119 Å². The van der Waals surface area contributed by atoms with Gasteiger partial charge in [0.05, 0.1) is 0 Å². The molecule has 1 fully saturated rings. The van der Waals surface area contributed by atoms with Gasteiger partial charge < -0.3 is 37.7 Å². The molecule has 4 unspecified atom stereocenters. The molecule has 1 rings (SSSR count). The van der Waals surface area contributed by atoms with E-state index in [2.05, 4.69) is 18.1 Å². The van der Waals surface area contributed by atoms with E-state index in [9.17, 15) is 37.8 Å². The quantitative estimate of drug-likeness (QED) is 0.300. The molecule has 4 N–H and O–H groups in total. The van der Waals surface area contributed by atoms with Crippen molar-refractivity contribution in [1.82, 2.24) is 18.7 Å². The summed E-state index contributed by atoms with van der Waals surface area (Å²) < 4.78 is 72.2. The fraction of sp³-hybridized carbons (Fsp3) is 1.00. The third-order valence-electron chi connectivity index (χ3n) is 4.85. The first-order valence-electron chi connectivity index (χ1n) is 9.22. The van der Waals surface area contributed by atoms with Crippen molar-refractivity contribution in [1.29, 1.82) is 0 Å². The normalized spacial score (nSPS) is 27.2. The second-order valence-corrected chi connectivity index (χ2v) is 14.2. The second kappa shape index (κ2) is 12.4. The molecule has 16 nitrogen and oxygen atoms in total. The van der Waals surface area contributed by atoms with E-state index in [1.54, 1.807) is 0 Å². The summed E-state index contributed by atoms with van der Waals surface area (Å²) >= 11 is 0. The average molecular weight is 548 g/mol. The first-order valence-corrected chi connectivity index (χ1v) is 15.3. The van der Waals surface area contributed by atoms with E-state index in [-0.39, 0.29) is 52.4 Å². The van der Waals surface area contributed by atoms with E-state index >= 15 is 0 Å². The van der Waals surface area contributed by atoms with E-state index in [1.165, 1.54) is 0 Å². The fourth-order valence-electron chi connectivity index (χ4n) is 2.84. The lowest BCUT2D eigenvalue weighted by molar-refractivity contribution is 0.165. The van der Waals surface area contributed by atoms with Crippen LogP contribution in [0.5, 0.6) is 0 Å². The van der Waals surface area contributed by atoms with Crippen LogP contribution in [0.2, 0.25) is 0 Å². The van der Waals surface area contributed by atoms with Crippen molar-refractivity contribution in [2.24, 2.45) is 0 Å². The van der Waals surface area contributed by atoms with Crippen LogP contribution in [0.25, 0.3) is 0 Å². The highest BCUT2D eigenvalue weighted by atomic mass is 31.2. The maximum Gasteiger partial charge on any atom is 0.405 e. The first-order chi connectivity index (χ1) is 14.7. The van der Waals surface area contributed by atoms with E-state index in [4.69, 9.17) is 0 Å². The molecule has 0 spiro atoms. The highest BCUT2D eigenvalue weighted by Gasteiger charge is 2.38. The Balaban J connectivity index is 3.34. The standard InChI is InChI=1S/C12H32N4O12P4/c1-25-29(17,18)13-5-7-14(30(19,20)26-2)9-11-16(32(23,24)28-4)12-10-15(8-6-13)31(21,22)27-3/h5-12H2,1-4H3,(H,17,18)(H,19,20)(H,21,22)(H,23,24). The zero-order valence-electron chi connectivity index (χ0n) is 18.3. The van der Waals surface area contributed by atoms with Crippen molar-refractivity contribution >= 4 is 31.0 Å². The number of rotatable bonds is 8. The summed E-state index contributed by atoms with van der Waals surface area (Å²) in [5.74, 6) is 0. The molecule has 0 aromatic carbocycles. The van der Waals surface area contributed by atoms with Gasteiger partial charge in [-0.1, -0.05) is 0 Å². The Morgan fingerprint density at radius 3 is 0.656 bits per heavy atom. The molecule has 0 radical (unpaired) electrons. The van der Waals surface area contributed by atoms with Gasteiger partial charge in [-0.25, -0.2) is 36.9 Å². The molecule has 1 aliphatic heterocycles.